The molecule has 3 rings (SSSR count). The number of hydrogen-bond acceptors (Lipinski definition) is 5. The molecule has 1 fully saturated rings. The Hall–Kier alpha value is -2.28. The molecule has 1 saturated heterocycles. The van der Waals surface area contributed by atoms with Gasteiger partial charge in [0, 0.05) is 13.1 Å². The summed E-state index contributed by atoms with van der Waals surface area (Å²) in [6.45, 7) is 2.08. The number of carbonyl (C=O) groups is 1. The third-order valence-electron chi connectivity index (χ3n) is 3.22. The number of amides is 1. The standard InChI is InChI=1S/C14H14FN3O3/c15-11-3-1-10(2-4-11)9-12-16-17-13(21-12)14(19)18-5-7-20-8-6-18/h1-4H,5-9H2. The summed E-state index contributed by atoms with van der Waals surface area (Å²) >= 11 is 0. The highest BCUT2D eigenvalue weighted by molar-refractivity contribution is 5.89. The molecule has 0 unspecified atom stereocenters. The van der Waals surface area contributed by atoms with Gasteiger partial charge in [0.15, 0.2) is 0 Å². The molecule has 1 aliphatic rings. The highest BCUT2D eigenvalue weighted by Gasteiger charge is 2.23. The van der Waals surface area contributed by atoms with Crippen LogP contribution in [0.15, 0.2) is 28.7 Å². The molecule has 0 aliphatic carbocycles. The van der Waals surface area contributed by atoms with Crippen LogP contribution in [-0.2, 0) is 11.2 Å². The zero-order valence-corrected chi connectivity index (χ0v) is 11.3. The van der Waals surface area contributed by atoms with Crippen molar-refractivity contribution in [3.8, 4) is 0 Å². The number of morpholine rings is 1. The highest BCUT2D eigenvalue weighted by Crippen LogP contribution is 2.11. The zero-order valence-electron chi connectivity index (χ0n) is 11.3. The second-order valence-corrected chi connectivity index (χ2v) is 4.71. The van der Waals surface area contributed by atoms with Gasteiger partial charge in [-0.05, 0) is 17.7 Å². The Kier molecular flexibility index (Phi) is 3.92. The first kappa shape index (κ1) is 13.7. The van der Waals surface area contributed by atoms with Gasteiger partial charge in [0.05, 0.1) is 19.6 Å². The number of ether oxygens (including phenoxy) is 1. The van der Waals surface area contributed by atoms with Gasteiger partial charge in [0.25, 0.3) is 0 Å². The zero-order chi connectivity index (χ0) is 14.7. The van der Waals surface area contributed by atoms with Crippen LogP contribution >= 0.6 is 0 Å². The topological polar surface area (TPSA) is 68.5 Å². The molecule has 0 bridgehead atoms. The largest absolute Gasteiger partial charge is 0.417 e. The van der Waals surface area contributed by atoms with Crippen molar-refractivity contribution in [3.63, 3.8) is 0 Å². The van der Waals surface area contributed by atoms with Gasteiger partial charge in [-0.2, -0.15) is 0 Å². The number of rotatable bonds is 3. The van der Waals surface area contributed by atoms with Crippen molar-refractivity contribution >= 4 is 5.91 Å². The average molecular weight is 291 g/mol. The van der Waals surface area contributed by atoms with E-state index < -0.39 is 0 Å². The Morgan fingerprint density at radius 2 is 1.90 bits per heavy atom. The van der Waals surface area contributed by atoms with Crippen LogP contribution in [0.2, 0.25) is 0 Å². The predicted molar refractivity (Wildman–Crippen MR) is 70.2 cm³/mol. The molecule has 1 aromatic heterocycles. The van der Waals surface area contributed by atoms with Crippen LogP contribution in [0, 0.1) is 5.82 Å². The summed E-state index contributed by atoms with van der Waals surface area (Å²) in [4.78, 5) is 13.8. The molecule has 6 nitrogen and oxygen atoms in total. The van der Waals surface area contributed by atoms with Crippen LogP contribution in [0.25, 0.3) is 0 Å². The van der Waals surface area contributed by atoms with Crippen molar-refractivity contribution in [1.29, 1.82) is 0 Å². The van der Waals surface area contributed by atoms with E-state index in [2.05, 4.69) is 10.2 Å². The van der Waals surface area contributed by atoms with Crippen molar-refractivity contribution in [3.05, 3.63) is 47.4 Å². The molecule has 0 atom stereocenters. The SMILES string of the molecule is O=C(c1nnc(Cc2ccc(F)cc2)o1)N1CCOCC1. The van der Waals surface area contributed by atoms with Crippen LogP contribution in [0.1, 0.15) is 22.1 Å². The molecule has 0 spiro atoms. The van der Waals surface area contributed by atoms with Crippen LogP contribution < -0.4 is 0 Å². The number of aromatic nitrogens is 2. The first-order valence-electron chi connectivity index (χ1n) is 6.66. The molecule has 110 valence electrons. The first-order chi connectivity index (χ1) is 10.2. The summed E-state index contributed by atoms with van der Waals surface area (Å²) in [6.07, 6.45) is 0.365. The fraction of sp³-hybridized carbons (Fsp3) is 0.357. The maximum Gasteiger partial charge on any atom is 0.311 e. The van der Waals surface area contributed by atoms with E-state index >= 15 is 0 Å². The lowest BCUT2D eigenvalue weighted by Gasteiger charge is -2.25. The first-order valence-corrected chi connectivity index (χ1v) is 6.66. The Balaban J connectivity index is 1.68. The van der Waals surface area contributed by atoms with Crippen molar-refractivity contribution in [2.75, 3.05) is 26.3 Å². The quantitative estimate of drug-likeness (QED) is 0.852. The summed E-state index contributed by atoms with van der Waals surface area (Å²) in [7, 11) is 0. The van der Waals surface area contributed by atoms with Gasteiger partial charge in [-0.25, -0.2) is 4.39 Å². The Morgan fingerprint density at radius 3 is 2.62 bits per heavy atom. The van der Waals surface area contributed by atoms with Crippen molar-refractivity contribution in [1.82, 2.24) is 15.1 Å². The van der Waals surface area contributed by atoms with Gasteiger partial charge in [-0.15, -0.1) is 10.2 Å². The second-order valence-electron chi connectivity index (χ2n) is 4.71. The van der Waals surface area contributed by atoms with Crippen LogP contribution in [0.3, 0.4) is 0 Å². The molecule has 1 aromatic carbocycles. The minimum Gasteiger partial charge on any atom is -0.417 e. The summed E-state index contributed by atoms with van der Waals surface area (Å²) in [6, 6.07) is 6.02. The molecule has 0 N–H and O–H groups in total. The van der Waals surface area contributed by atoms with Gasteiger partial charge < -0.3 is 14.1 Å². The second kappa shape index (κ2) is 6.01. The minimum absolute atomic E-state index is 0.0194. The van der Waals surface area contributed by atoms with E-state index in [0.717, 1.165) is 5.56 Å². The normalized spacial score (nSPS) is 15.2. The lowest BCUT2D eigenvalue weighted by Crippen LogP contribution is -2.40. The van der Waals surface area contributed by atoms with E-state index in [4.69, 9.17) is 9.15 Å². The summed E-state index contributed by atoms with van der Waals surface area (Å²) in [5, 5.41) is 7.64. The predicted octanol–water partition coefficient (Wildman–Crippen LogP) is 1.27. The number of halogens is 1. The minimum atomic E-state index is -0.299. The monoisotopic (exact) mass is 291 g/mol. The fourth-order valence-corrected chi connectivity index (χ4v) is 2.09. The molecule has 0 saturated carbocycles. The average Bonchev–Trinajstić information content (AvgIpc) is 2.98. The van der Waals surface area contributed by atoms with Crippen molar-refractivity contribution in [2.45, 2.75) is 6.42 Å². The van der Waals surface area contributed by atoms with E-state index in [0.29, 0.717) is 38.6 Å². The number of hydrogen-bond donors (Lipinski definition) is 0. The van der Waals surface area contributed by atoms with Gasteiger partial charge in [-0.1, -0.05) is 12.1 Å². The molecule has 21 heavy (non-hydrogen) atoms. The third kappa shape index (κ3) is 3.25. The van der Waals surface area contributed by atoms with E-state index in [1.165, 1.54) is 12.1 Å². The van der Waals surface area contributed by atoms with Crippen LogP contribution in [-0.4, -0.2) is 47.3 Å². The lowest BCUT2D eigenvalue weighted by atomic mass is 10.1. The molecule has 2 heterocycles. The molecule has 2 aromatic rings. The van der Waals surface area contributed by atoms with Gasteiger partial charge in [-0.3, -0.25) is 4.79 Å². The smallest absolute Gasteiger partial charge is 0.311 e. The summed E-state index contributed by atoms with van der Waals surface area (Å²) in [5.41, 5.74) is 0.838. The van der Waals surface area contributed by atoms with Crippen LogP contribution in [0.5, 0.6) is 0 Å². The molecular formula is C14H14FN3O3. The summed E-state index contributed by atoms with van der Waals surface area (Å²) in [5.74, 6) is -0.268. The third-order valence-corrected chi connectivity index (χ3v) is 3.22. The Labute approximate surface area is 120 Å². The Bertz CT molecular complexity index is 621. The molecular weight excluding hydrogens is 277 g/mol. The maximum atomic E-state index is 12.8. The molecule has 0 radical (unpaired) electrons. The van der Waals surface area contributed by atoms with Crippen molar-refractivity contribution < 1.29 is 18.3 Å². The number of carbonyl (C=O) groups excluding carboxylic acids is 1. The molecule has 1 aliphatic heterocycles. The van der Waals surface area contributed by atoms with E-state index in [1.54, 1.807) is 17.0 Å². The van der Waals surface area contributed by atoms with E-state index in [-0.39, 0.29) is 17.6 Å². The Morgan fingerprint density at radius 1 is 1.19 bits per heavy atom. The highest BCUT2D eigenvalue weighted by atomic mass is 19.1. The van der Waals surface area contributed by atoms with Crippen molar-refractivity contribution in [2.24, 2.45) is 0 Å². The number of benzene rings is 1. The van der Waals surface area contributed by atoms with Gasteiger partial charge in [0.1, 0.15) is 5.82 Å². The van der Waals surface area contributed by atoms with Crippen LogP contribution in [0.4, 0.5) is 4.39 Å². The fourth-order valence-electron chi connectivity index (χ4n) is 2.09. The molecule has 7 heteroatoms. The van der Waals surface area contributed by atoms with Gasteiger partial charge in [0.2, 0.25) is 5.89 Å². The summed E-state index contributed by atoms with van der Waals surface area (Å²) < 4.78 is 23.4. The number of nitrogens with zero attached hydrogens (tertiary/aromatic N) is 3. The molecule has 1 amide bonds. The lowest BCUT2D eigenvalue weighted by molar-refractivity contribution is 0.0276. The van der Waals surface area contributed by atoms with Gasteiger partial charge >= 0.3 is 11.8 Å². The van der Waals surface area contributed by atoms with E-state index in [9.17, 15) is 9.18 Å². The maximum absolute atomic E-state index is 12.8. The van der Waals surface area contributed by atoms with E-state index in [1.807, 2.05) is 0 Å².